The maximum atomic E-state index is 12.4. The molecule has 2 aliphatic heterocycles. The number of para-hydroxylation sites is 2. The van der Waals surface area contributed by atoms with Crippen molar-refractivity contribution in [3.63, 3.8) is 0 Å². The second kappa shape index (κ2) is 6.90. The highest BCUT2D eigenvalue weighted by molar-refractivity contribution is 6.05. The lowest BCUT2D eigenvalue weighted by atomic mass is 9.72. The van der Waals surface area contributed by atoms with Gasteiger partial charge in [0.15, 0.2) is 0 Å². The van der Waals surface area contributed by atoms with Crippen molar-refractivity contribution >= 4 is 17.3 Å². The minimum Gasteiger partial charge on any atom is -0.397 e. The number of nitrogens with zero attached hydrogens (tertiary/aromatic N) is 2. The van der Waals surface area contributed by atoms with E-state index in [1.165, 1.54) is 51.1 Å². The molecule has 3 N–H and O–H groups in total. The summed E-state index contributed by atoms with van der Waals surface area (Å²) in [6.45, 7) is 7.31. The van der Waals surface area contributed by atoms with E-state index in [2.05, 4.69) is 27.2 Å². The molecule has 5 nitrogen and oxygen atoms in total. The van der Waals surface area contributed by atoms with Gasteiger partial charge in [0.2, 0.25) is 0 Å². The molecule has 1 saturated carbocycles. The summed E-state index contributed by atoms with van der Waals surface area (Å²) in [7, 11) is 0. The molecule has 146 valence electrons. The largest absolute Gasteiger partial charge is 0.397 e. The molecule has 3 aliphatic rings. The normalized spacial score (nSPS) is 21.1. The van der Waals surface area contributed by atoms with Crippen molar-refractivity contribution in [3.8, 4) is 0 Å². The average molecular weight is 377 g/mol. The van der Waals surface area contributed by atoms with Gasteiger partial charge in [0.1, 0.15) is 0 Å². The van der Waals surface area contributed by atoms with E-state index in [1.54, 1.807) is 6.07 Å². The Bertz CT molecular complexity index is 860. The van der Waals surface area contributed by atoms with Crippen molar-refractivity contribution in [1.82, 2.24) is 9.80 Å². The van der Waals surface area contributed by atoms with E-state index in [-0.39, 0.29) is 5.91 Å². The molecule has 1 aliphatic carbocycles. The van der Waals surface area contributed by atoms with Crippen LogP contribution in [0.4, 0.5) is 11.4 Å². The van der Waals surface area contributed by atoms with Crippen LogP contribution in [0.2, 0.25) is 0 Å². The summed E-state index contributed by atoms with van der Waals surface area (Å²) in [6.07, 6.45) is 2.89. The predicted octanol–water partition coefficient (Wildman–Crippen LogP) is 3.05. The van der Waals surface area contributed by atoms with E-state index in [0.29, 0.717) is 22.4 Å². The molecular weight excluding hydrogens is 348 g/mol. The summed E-state index contributed by atoms with van der Waals surface area (Å²) < 4.78 is 0. The second-order valence-corrected chi connectivity index (χ2v) is 9.00. The van der Waals surface area contributed by atoms with Crippen LogP contribution in [0.1, 0.15) is 28.8 Å². The van der Waals surface area contributed by atoms with Gasteiger partial charge in [-0.1, -0.05) is 24.3 Å². The standard InChI is InChI=1S/C23H28N4O/c24-20-3-1-2-4-21(20)25-22(28)19-9-7-18(8-10-19)12-27-15-23(16-27)13-26(14-23)11-17-5-6-17/h1-4,7-10,17H,5-6,11-16,24H2,(H,25,28). The number of carbonyl (C=O) groups is 1. The van der Waals surface area contributed by atoms with Crippen LogP contribution in [0.3, 0.4) is 0 Å². The summed E-state index contributed by atoms with van der Waals surface area (Å²) in [4.78, 5) is 17.6. The third kappa shape index (κ3) is 3.64. The van der Waals surface area contributed by atoms with Gasteiger partial charge >= 0.3 is 0 Å². The topological polar surface area (TPSA) is 61.6 Å². The fraction of sp³-hybridized carbons (Fsp3) is 0.435. The van der Waals surface area contributed by atoms with Crippen molar-refractivity contribution in [3.05, 3.63) is 59.7 Å². The fourth-order valence-corrected chi connectivity index (χ4v) is 4.74. The predicted molar refractivity (Wildman–Crippen MR) is 112 cm³/mol. The highest BCUT2D eigenvalue weighted by atomic mass is 16.1. The maximum absolute atomic E-state index is 12.4. The molecule has 1 amide bonds. The molecule has 5 rings (SSSR count). The van der Waals surface area contributed by atoms with Gasteiger partial charge in [-0.25, -0.2) is 0 Å². The smallest absolute Gasteiger partial charge is 0.255 e. The Labute approximate surface area is 166 Å². The van der Waals surface area contributed by atoms with E-state index >= 15 is 0 Å². The monoisotopic (exact) mass is 376 g/mol. The second-order valence-electron chi connectivity index (χ2n) is 9.00. The number of carbonyl (C=O) groups excluding carboxylic acids is 1. The lowest BCUT2D eigenvalue weighted by Crippen LogP contribution is -2.71. The number of benzene rings is 2. The van der Waals surface area contributed by atoms with Gasteiger partial charge in [-0.15, -0.1) is 0 Å². The van der Waals surface area contributed by atoms with Crippen LogP contribution < -0.4 is 11.1 Å². The van der Waals surface area contributed by atoms with E-state index in [9.17, 15) is 4.79 Å². The number of hydrogen-bond donors (Lipinski definition) is 2. The number of nitrogens with two attached hydrogens (primary N) is 1. The number of rotatable bonds is 6. The summed E-state index contributed by atoms with van der Waals surface area (Å²) in [5.74, 6) is 0.875. The molecule has 5 heteroatoms. The highest BCUT2D eigenvalue weighted by Crippen LogP contribution is 2.42. The Morgan fingerprint density at radius 1 is 1.00 bits per heavy atom. The van der Waals surface area contributed by atoms with Crippen LogP contribution in [-0.4, -0.2) is 48.4 Å². The molecule has 2 aromatic rings. The minimum atomic E-state index is -0.127. The molecule has 0 bridgehead atoms. The maximum Gasteiger partial charge on any atom is 0.255 e. The zero-order chi connectivity index (χ0) is 19.1. The van der Waals surface area contributed by atoms with Crippen LogP contribution in [0.25, 0.3) is 0 Å². The molecule has 2 heterocycles. The molecule has 0 atom stereocenters. The molecule has 3 fully saturated rings. The number of amides is 1. The van der Waals surface area contributed by atoms with Gasteiger partial charge in [-0.2, -0.15) is 0 Å². The van der Waals surface area contributed by atoms with Crippen LogP contribution in [0.5, 0.6) is 0 Å². The molecule has 2 aromatic carbocycles. The first-order valence-electron chi connectivity index (χ1n) is 10.3. The SMILES string of the molecule is Nc1ccccc1NC(=O)c1ccc(CN2CC3(C2)CN(CC2CC2)C3)cc1. The molecule has 0 radical (unpaired) electrons. The Morgan fingerprint density at radius 3 is 2.36 bits per heavy atom. The zero-order valence-electron chi connectivity index (χ0n) is 16.2. The summed E-state index contributed by atoms with van der Waals surface area (Å²) in [6, 6.07) is 15.2. The zero-order valence-corrected chi connectivity index (χ0v) is 16.2. The summed E-state index contributed by atoms with van der Waals surface area (Å²) in [5.41, 5.74) is 9.62. The van der Waals surface area contributed by atoms with Crippen LogP contribution in [0, 0.1) is 11.3 Å². The van der Waals surface area contributed by atoms with Crippen molar-refractivity contribution < 1.29 is 4.79 Å². The van der Waals surface area contributed by atoms with Gasteiger partial charge in [-0.05, 0) is 48.6 Å². The summed E-state index contributed by atoms with van der Waals surface area (Å²) >= 11 is 0. The van der Waals surface area contributed by atoms with Crippen LogP contribution in [-0.2, 0) is 6.54 Å². The average Bonchev–Trinajstić information content (AvgIpc) is 3.45. The molecule has 2 saturated heterocycles. The van der Waals surface area contributed by atoms with Crippen molar-refractivity contribution in [1.29, 1.82) is 0 Å². The Morgan fingerprint density at radius 2 is 1.68 bits per heavy atom. The first kappa shape index (κ1) is 17.7. The molecular formula is C23H28N4O. The third-order valence-corrected chi connectivity index (χ3v) is 6.28. The van der Waals surface area contributed by atoms with Crippen molar-refractivity contribution in [2.45, 2.75) is 19.4 Å². The minimum absolute atomic E-state index is 0.127. The van der Waals surface area contributed by atoms with E-state index in [1.807, 2.05) is 30.3 Å². The molecule has 0 aromatic heterocycles. The van der Waals surface area contributed by atoms with Crippen molar-refractivity contribution in [2.24, 2.45) is 11.3 Å². The Hall–Kier alpha value is -2.37. The Kier molecular flexibility index (Phi) is 4.37. The first-order chi connectivity index (χ1) is 13.6. The third-order valence-electron chi connectivity index (χ3n) is 6.28. The quantitative estimate of drug-likeness (QED) is 0.761. The number of nitrogen functional groups attached to an aromatic ring is 1. The number of likely N-dealkylation sites (tertiary alicyclic amines) is 2. The van der Waals surface area contributed by atoms with Gasteiger partial charge in [0, 0.05) is 50.2 Å². The lowest BCUT2D eigenvalue weighted by Gasteiger charge is -2.60. The van der Waals surface area contributed by atoms with Gasteiger partial charge in [0.05, 0.1) is 11.4 Å². The van der Waals surface area contributed by atoms with E-state index in [4.69, 9.17) is 5.73 Å². The van der Waals surface area contributed by atoms with Gasteiger partial charge < -0.3 is 16.0 Å². The van der Waals surface area contributed by atoms with E-state index in [0.717, 1.165) is 12.5 Å². The molecule has 1 spiro atoms. The molecule has 0 unspecified atom stereocenters. The molecule has 28 heavy (non-hydrogen) atoms. The van der Waals surface area contributed by atoms with Gasteiger partial charge in [-0.3, -0.25) is 9.69 Å². The number of anilines is 2. The number of nitrogens with one attached hydrogen (secondary N) is 1. The first-order valence-corrected chi connectivity index (χ1v) is 10.3. The fourth-order valence-electron chi connectivity index (χ4n) is 4.74. The van der Waals surface area contributed by atoms with E-state index < -0.39 is 0 Å². The van der Waals surface area contributed by atoms with Crippen LogP contribution >= 0.6 is 0 Å². The number of hydrogen-bond acceptors (Lipinski definition) is 4. The highest BCUT2D eigenvalue weighted by Gasteiger charge is 2.51. The van der Waals surface area contributed by atoms with Gasteiger partial charge in [0.25, 0.3) is 5.91 Å². The lowest BCUT2D eigenvalue weighted by molar-refractivity contribution is -0.119. The van der Waals surface area contributed by atoms with Crippen molar-refractivity contribution in [2.75, 3.05) is 43.8 Å². The Balaban J connectivity index is 1.10. The van der Waals surface area contributed by atoms with Crippen LogP contribution in [0.15, 0.2) is 48.5 Å². The summed E-state index contributed by atoms with van der Waals surface area (Å²) in [5, 5.41) is 2.88.